The van der Waals surface area contributed by atoms with Gasteiger partial charge in [0.25, 0.3) is 0 Å². The van der Waals surface area contributed by atoms with Gasteiger partial charge in [0.2, 0.25) is 0 Å². The lowest BCUT2D eigenvalue weighted by Crippen LogP contribution is -2.15. The second kappa shape index (κ2) is 7.85. The third kappa shape index (κ3) is 4.78. The highest BCUT2D eigenvalue weighted by molar-refractivity contribution is 8.13. The first-order valence-electron chi connectivity index (χ1n) is 9.21. The van der Waals surface area contributed by atoms with Gasteiger partial charge in [0.1, 0.15) is 13.2 Å². The maximum Gasteiger partial charge on any atom is 0.163 e. The van der Waals surface area contributed by atoms with E-state index in [9.17, 15) is 0 Å². The molecule has 0 saturated heterocycles. The highest BCUT2D eigenvalue weighted by atomic mass is 32.2. The molecule has 0 bridgehead atoms. The van der Waals surface area contributed by atoms with Crippen molar-refractivity contribution in [2.75, 3.05) is 13.2 Å². The number of ether oxygens (including phenoxy) is 2. The van der Waals surface area contributed by atoms with Gasteiger partial charge in [-0.05, 0) is 53.6 Å². The van der Waals surface area contributed by atoms with Crippen molar-refractivity contribution >= 4 is 22.6 Å². The highest BCUT2D eigenvalue weighted by Gasteiger charge is 2.16. The van der Waals surface area contributed by atoms with Crippen molar-refractivity contribution in [3.05, 3.63) is 52.6 Å². The molecule has 5 heteroatoms. The maximum absolute atomic E-state index is 6.17. The van der Waals surface area contributed by atoms with Crippen molar-refractivity contribution in [1.82, 2.24) is 0 Å². The third-order valence-electron chi connectivity index (χ3n) is 4.69. The Hall–Kier alpha value is -2.14. The molecule has 3 rings (SSSR count). The summed E-state index contributed by atoms with van der Waals surface area (Å²) < 4.78 is 11.1. The second-order valence-corrected chi connectivity index (χ2v) is 8.90. The molecule has 144 valence electrons. The minimum absolute atomic E-state index is 0.153. The van der Waals surface area contributed by atoms with Gasteiger partial charge in [0.05, 0.1) is 5.69 Å². The van der Waals surface area contributed by atoms with Gasteiger partial charge in [-0.15, -0.1) is 0 Å². The van der Waals surface area contributed by atoms with E-state index < -0.39 is 0 Å². The normalized spacial score (nSPS) is 14.3. The van der Waals surface area contributed by atoms with Crippen molar-refractivity contribution in [3.63, 3.8) is 0 Å². The smallest absolute Gasteiger partial charge is 0.163 e. The molecule has 0 fully saturated rings. The van der Waals surface area contributed by atoms with Gasteiger partial charge in [-0.1, -0.05) is 44.7 Å². The molecular formula is C22H28N2O2S. The van der Waals surface area contributed by atoms with Crippen molar-refractivity contribution in [3.8, 4) is 11.5 Å². The van der Waals surface area contributed by atoms with Crippen LogP contribution in [0.1, 0.15) is 43.0 Å². The van der Waals surface area contributed by atoms with Crippen LogP contribution in [0.5, 0.6) is 11.5 Å². The summed E-state index contributed by atoms with van der Waals surface area (Å²) >= 11 is 1.56. The van der Waals surface area contributed by atoms with E-state index in [0.29, 0.717) is 18.4 Å². The Labute approximate surface area is 166 Å². The lowest BCUT2D eigenvalue weighted by molar-refractivity contribution is 0.171. The topological polar surface area (TPSA) is 56.8 Å². The number of nitrogens with two attached hydrogens (primary N) is 1. The Kier molecular flexibility index (Phi) is 5.70. The van der Waals surface area contributed by atoms with Gasteiger partial charge in [-0.3, -0.25) is 0 Å². The average molecular weight is 385 g/mol. The van der Waals surface area contributed by atoms with Crippen LogP contribution in [0.2, 0.25) is 0 Å². The lowest BCUT2D eigenvalue weighted by Gasteiger charge is -2.22. The maximum atomic E-state index is 6.17. The number of benzene rings is 2. The molecule has 27 heavy (non-hydrogen) atoms. The van der Waals surface area contributed by atoms with Gasteiger partial charge >= 0.3 is 0 Å². The van der Waals surface area contributed by atoms with Gasteiger partial charge in [0.15, 0.2) is 16.7 Å². The molecule has 1 aliphatic rings. The summed E-state index contributed by atoms with van der Waals surface area (Å²) in [6, 6.07) is 10.2. The number of hydrogen-bond donors (Lipinski definition) is 1. The quantitative estimate of drug-likeness (QED) is 0.580. The number of fused-ring (bicyclic) bond motifs is 1. The van der Waals surface area contributed by atoms with Crippen LogP contribution in [-0.4, -0.2) is 18.4 Å². The number of hydrogen-bond acceptors (Lipinski definition) is 4. The molecule has 0 atom stereocenters. The first kappa shape index (κ1) is 19.6. The third-order valence-corrected chi connectivity index (χ3v) is 5.51. The van der Waals surface area contributed by atoms with Crippen LogP contribution in [0.3, 0.4) is 0 Å². The van der Waals surface area contributed by atoms with Gasteiger partial charge in [-0.2, -0.15) is 0 Å². The molecule has 1 aliphatic heterocycles. The molecule has 0 saturated carbocycles. The molecular weight excluding hydrogens is 356 g/mol. The molecule has 2 aromatic rings. The Bertz CT molecular complexity index is 846. The minimum atomic E-state index is 0.153. The molecule has 4 nitrogen and oxygen atoms in total. The van der Waals surface area contributed by atoms with Crippen molar-refractivity contribution < 1.29 is 9.47 Å². The van der Waals surface area contributed by atoms with E-state index in [0.717, 1.165) is 22.9 Å². The fourth-order valence-electron chi connectivity index (χ4n) is 3.06. The zero-order valence-electron chi connectivity index (χ0n) is 16.8. The average Bonchev–Trinajstić information content (AvgIpc) is 2.60. The fourth-order valence-corrected chi connectivity index (χ4v) is 3.98. The van der Waals surface area contributed by atoms with E-state index in [1.165, 1.54) is 22.3 Å². The summed E-state index contributed by atoms with van der Waals surface area (Å²) in [5.41, 5.74) is 12.4. The summed E-state index contributed by atoms with van der Waals surface area (Å²) in [5, 5.41) is 0.547. The lowest BCUT2D eigenvalue weighted by atomic mass is 9.84. The molecule has 0 radical (unpaired) electrons. The Morgan fingerprint density at radius 1 is 1.04 bits per heavy atom. The molecule has 2 aromatic carbocycles. The van der Waals surface area contributed by atoms with Gasteiger partial charge < -0.3 is 15.2 Å². The van der Waals surface area contributed by atoms with E-state index in [2.05, 4.69) is 51.7 Å². The summed E-state index contributed by atoms with van der Waals surface area (Å²) in [5.74, 6) is 2.29. The number of thioether (sulfide) groups is 1. The fraction of sp³-hybridized carbons (Fsp3) is 0.409. The number of nitrogens with zero attached hydrogens (tertiary/aromatic N) is 1. The largest absolute Gasteiger partial charge is 0.486 e. The Morgan fingerprint density at radius 2 is 1.67 bits per heavy atom. The predicted octanol–water partition coefficient (Wildman–Crippen LogP) is 5.25. The zero-order chi connectivity index (χ0) is 19.6. The molecule has 0 unspecified atom stereocenters. The predicted molar refractivity (Wildman–Crippen MR) is 115 cm³/mol. The number of aliphatic imine (C=N–C) groups is 1. The van der Waals surface area contributed by atoms with Crippen LogP contribution < -0.4 is 15.2 Å². The summed E-state index contributed by atoms with van der Waals surface area (Å²) in [7, 11) is 0. The van der Waals surface area contributed by atoms with E-state index in [4.69, 9.17) is 15.2 Å². The van der Waals surface area contributed by atoms with Gasteiger partial charge in [0, 0.05) is 11.8 Å². The SMILES string of the molecule is Cc1cc(C(C)(C)C)cc(C)c1CSC(N)=Nc1ccc2c(c1)OCCO2. The van der Waals surface area contributed by atoms with E-state index in [-0.39, 0.29) is 5.41 Å². The first-order chi connectivity index (χ1) is 12.7. The van der Waals surface area contributed by atoms with Crippen LogP contribution in [0, 0.1) is 13.8 Å². The van der Waals surface area contributed by atoms with E-state index >= 15 is 0 Å². The Morgan fingerprint density at radius 3 is 2.30 bits per heavy atom. The van der Waals surface area contributed by atoms with Crippen LogP contribution >= 0.6 is 11.8 Å². The summed E-state index contributed by atoms with van der Waals surface area (Å²) in [4.78, 5) is 4.52. The van der Waals surface area contributed by atoms with Crippen LogP contribution in [0.4, 0.5) is 5.69 Å². The summed E-state index contributed by atoms with van der Waals surface area (Å²) in [6.07, 6.45) is 0. The van der Waals surface area contributed by atoms with Crippen molar-refractivity contribution in [2.45, 2.75) is 45.8 Å². The van der Waals surface area contributed by atoms with Crippen LogP contribution in [0.15, 0.2) is 35.3 Å². The molecule has 0 aromatic heterocycles. The molecule has 0 spiro atoms. The minimum Gasteiger partial charge on any atom is -0.486 e. The van der Waals surface area contributed by atoms with Gasteiger partial charge in [-0.25, -0.2) is 4.99 Å². The second-order valence-electron chi connectivity index (χ2n) is 7.91. The molecule has 0 amide bonds. The van der Waals surface area contributed by atoms with Crippen molar-refractivity contribution in [1.29, 1.82) is 0 Å². The monoisotopic (exact) mass is 384 g/mol. The van der Waals surface area contributed by atoms with Crippen LogP contribution in [-0.2, 0) is 11.2 Å². The van der Waals surface area contributed by atoms with E-state index in [1.807, 2.05) is 18.2 Å². The molecule has 0 aliphatic carbocycles. The molecule has 2 N–H and O–H groups in total. The molecule has 1 heterocycles. The standard InChI is InChI=1S/C22H28N2O2S/c1-14-10-16(22(3,4)5)11-15(2)18(14)13-27-21(23)24-17-6-7-19-20(12-17)26-9-8-25-19/h6-7,10-12H,8-9,13H2,1-5H3,(H2,23,24). The zero-order valence-corrected chi connectivity index (χ0v) is 17.6. The van der Waals surface area contributed by atoms with Crippen molar-refractivity contribution in [2.24, 2.45) is 10.7 Å². The number of amidine groups is 1. The Balaban J connectivity index is 1.72. The number of aryl methyl sites for hydroxylation is 2. The van der Waals surface area contributed by atoms with E-state index in [1.54, 1.807) is 11.8 Å². The first-order valence-corrected chi connectivity index (χ1v) is 10.2. The highest BCUT2D eigenvalue weighted by Crippen LogP contribution is 2.34. The number of rotatable bonds is 3. The summed E-state index contributed by atoms with van der Waals surface area (Å²) in [6.45, 7) is 12.2. The van der Waals surface area contributed by atoms with Crippen LogP contribution in [0.25, 0.3) is 0 Å².